The molecule has 1 unspecified atom stereocenters. The number of hydrogen-bond donors (Lipinski definition) is 1. The zero-order valence-corrected chi connectivity index (χ0v) is 11.3. The topological polar surface area (TPSA) is 35.2 Å². The van der Waals surface area contributed by atoms with Gasteiger partial charge in [-0.05, 0) is 49.8 Å². The van der Waals surface area contributed by atoms with Gasteiger partial charge in [-0.15, -0.1) is 0 Å². The maximum Gasteiger partial charge on any atom is 0.124 e. The summed E-state index contributed by atoms with van der Waals surface area (Å²) in [7, 11) is 1.75. The molecule has 2 nitrogen and oxygen atoms in total. The lowest BCUT2D eigenvalue weighted by Crippen LogP contribution is -2.45. The molecule has 1 fully saturated rings. The van der Waals surface area contributed by atoms with Crippen molar-refractivity contribution in [1.82, 2.24) is 0 Å². The molecule has 0 bridgehead atoms. The van der Waals surface area contributed by atoms with Gasteiger partial charge in [-0.3, -0.25) is 0 Å². The predicted octanol–water partition coefficient (Wildman–Crippen LogP) is 3.31. The van der Waals surface area contributed by atoms with Crippen LogP contribution in [0.25, 0.3) is 0 Å². The third-order valence-electron chi connectivity index (χ3n) is 3.83. The predicted molar refractivity (Wildman–Crippen MR) is 71.3 cm³/mol. The van der Waals surface area contributed by atoms with Crippen LogP contribution in [0.1, 0.15) is 31.2 Å². The van der Waals surface area contributed by atoms with E-state index in [1.54, 1.807) is 13.2 Å². The molecule has 4 heteroatoms. The van der Waals surface area contributed by atoms with Crippen LogP contribution in [0.15, 0.2) is 18.2 Å². The van der Waals surface area contributed by atoms with Gasteiger partial charge in [0, 0.05) is 18.2 Å². The summed E-state index contributed by atoms with van der Waals surface area (Å²) >= 11 is 6.00. The van der Waals surface area contributed by atoms with Crippen molar-refractivity contribution in [2.24, 2.45) is 5.73 Å². The second-order valence-electron chi connectivity index (χ2n) is 5.14. The second-order valence-corrected chi connectivity index (χ2v) is 5.55. The monoisotopic (exact) mass is 271 g/mol. The standard InChI is InChI=1S/C14H19ClFNO/c1-18-14(5-2-6-14)9-12(17)7-10-3-4-11(16)8-13(10)15/h3-4,8,12H,2,5-7,9,17H2,1H3. The fourth-order valence-corrected chi connectivity index (χ4v) is 2.83. The van der Waals surface area contributed by atoms with E-state index in [1.807, 2.05) is 0 Å². The smallest absolute Gasteiger partial charge is 0.124 e. The Morgan fingerprint density at radius 3 is 2.72 bits per heavy atom. The zero-order valence-electron chi connectivity index (χ0n) is 10.6. The highest BCUT2D eigenvalue weighted by atomic mass is 35.5. The zero-order chi connectivity index (χ0) is 13.2. The fourth-order valence-electron chi connectivity index (χ4n) is 2.58. The minimum atomic E-state index is -0.315. The van der Waals surface area contributed by atoms with Crippen molar-refractivity contribution in [2.75, 3.05) is 7.11 Å². The summed E-state index contributed by atoms with van der Waals surface area (Å²) in [6.07, 6.45) is 4.85. The Labute approximate surface area is 112 Å². The summed E-state index contributed by atoms with van der Waals surface area (Å²) in [6.45, 7) is 0. The Kier molecular flexibility index (Phi) is 4.25. The first-order chi connectivity index (χ1) is 8.54. The van der Waals surface area contributed by atoms with Crippen molar-refractivity contribution in [3.63, 3.8) is 0 Å². The van der Waals surface area contributed by atoms with Crippen molar-refractivity contribution in [2.45, 2.75) is 43.7 Å². The highest BCUT2D eigenvalue weighted by Crippen LogP contribution is 2.39. The molecule has 100 valence electrons. The lowest BCUT2D eigenvalue weighted by molar-refractivity contribution is -0.0813. The SMILES string of the molecule is COC1(CC(N)Cc2ccc(F)cc2Cl)CCC1. The van der Waals surface area contributed by atoms with Gasteiger partial charge in [0.2, 0.25) is 0 Å². The highest BCUT2D eigenvalue weighted by Gasteiger charge is 2.38. The molecular weight excluding hydrogens is 253 g/mol. The van der Waals surface area contributed by atoms with Crippen molar-refractivity contribution in [1.29, 1.82) is 0 Å². The number of benzene rings is 1. The minimum Gasteiger partial charge on any atom is -0.378 e. The fraction of sp³-hybridized carbons (Fsp3) is 0.571. The van der Waals surface area contributed by atoms with Gasteiger partial charge >= 0.3 is 0 Å². The summed E-state index contributed by atoms with van der Waals surface area (Å²) in [5.41, 5.74) is 7.01. The maximum atomic E-state index is 12.9. The molecule has 18 heavy (non-hydrogen) atoms. The Balaban J connectivity index is 1.96. The van der Waals surface area contributed by atoms with Crippen LogP contribution in [0.2, 0.25) is 5.02 Å². The Morgan fingerprint density at radius 1 is 1.50 bits per heavy atom. The van der Waals surface area contributed by atoms with Gasteiger partial charge < -0.3 is 10.5 Å². The van der Waals surface area contributed by atoms with E-state index in [1.165, 1.54) is 18.6 Å². The molecule has 0 heterocycles. The maximum absolute atomic E-state index is 12.9. The van der Waals surface area contributed by atoms with Gasteiger partial charge in [-0.25, -0.2) is 4.39 Å². The largest absolute Gasteiger partial charge is 0.378 e. The first-order valence-corrected chi connectivity index (χ1v) is 6.67. The molecule has 1 saturated carbocycles. The van der Waals surface area contributed by atoms with Gasteiger partial charge in [0.05, 0.1) is 5.60 Å². The lowest BCUT2D eigenvalue weighted by atomic mass is 9.75. The van der Waals surface area contributed by atoms with Crippen LogP contribution in [-0.4, -0.2) is 18.8 Å². The van der Waals surface area contributed by atoms with Gasteiger partial charge in [-0.1, -0.05) is 17.7 Å². The van der Waals surface area contributed by atoms with Crippen LogP contribution < -0.4 is 5.73 Å². The Hall–Kier alpha value is -0.640. The number of methoxy groups -OCH3 is 1. The summed E-state index contributed by atoms with van der Waals surface area (Å²) < 4.78 is 18.5. The molecule has 0 radical (unpaired) electrons. The van der Waals surface area contributed by atoms with E-state index in [-0.39, 0.29) is 17.5 Å². The number of rotatable bonds is 5. The quantitative estimate of drug-likeness (QED) is 0.892. The number of halogens is 2. The normalized spacial score (nSPS) is 19.3. The van der Waals surface area contributed by atoms with E-state index in [2.05, 4.69) is 0 Å². The molecule has 1 aliphatic carbocycles. The molecule has 1 aromatic carbocycles. The van der Waals surface area contributed by atoms with Crippen molar-refractivity contribution < 1.29 is 9.13 Å². The summed E-state index contributed by atoms with van der Waals surface area (Å²) in [5.74, 6) is -0.315. The molecule has 1 aliphatic rings. The molecular formula is C14H19ClFNO. The first kappa shape index (κ1) is 13.8. The second kappa shape index (κ2) is 5.55. The van der Waals surface area contributed by atoms with Crippen LogP contribution in [0.5, 0.6) is 0 Å². The van der Waals surface area contributed by atoms with Crippen LogP contribution in [0.4, 0.5) is 4.39 Å². The van der Waals surface area contributed by atoms with E-state index in [0.717, 1.165) is 24.8 Å². The van der Waals surface area contributed by atoms with E-state index in [9.17, 15) is 4.39 Å². The third kappa shape index (κ3) is 3.02. The molecule has 0 aliphatic heterocycles. The number of nitrogens with two attached hydrogens (primary N) is 1. The van der Waals surface area contributed by atoms with E-state index in [0.29, 0.717) is 11.4 Å². The average molecular weight is 272 g/mol. The summed E-state index contributed by atoms with van der Waals surface area (Å²) in [4.78, 5) is 0. The van der Waals surface area contributed by atoms with Gasteiger partial charge in [0.1, 0.15) is 5.82 Å². The molecule has 0 aromatic heterocycles. The van der Waals surface area contributed by atoms with Crippen LogP contribution >= 0.6 is 11.6 Å². The highest BCUT2D eigenvalue weighted by molar-refractivity contribution is 6.31. The molecule has 2 N–H and O–H groups in total. The van der Waals surface area contributed by atoms with Gasteiger partial charge in [0.25, 0.3) is 0 Å². The number of ether oxygens (including phenoxy) is 1. The van der Waals surface area contributed by atoms with Gasteiger partial charge in [0.15, 0.2) is 0 Å². The third-order valence-corrected chi connectivity index (χ3v) is 4.18. The molecule has 0 spiro atoms. The Morgan fingerprint density at radius 2 is 2.22 bits per heavy atom. The van der Waals surface area contributed by atoms with Crippen molar-refractivity contribution in [3.8, 4) is 0 Å². The number of hydrogen-bond acceptors (Lipinski definition) is 2. The molecule has 0 saturated heterocycles. The van der Waals surface area contributed by atoms with E-state index >= 15 is 0 Å². The van der Waals surface area contributed by atoms with E-state index < -0.39 is 0 Å². The Bertz CT molecular complexity index is 415. The minimum absolute atomic E-state index is 0.00629. The van der Waals surface area contributed by atoms with Crippen molar-refractivity contribution >= 4 is 11.6 Å². The van der Waals surface area contributed by atoms with Crippen LogP contribution in [-0.2, 0) is 11.2 Å². The first-order valence-electron chi connectivity index (χ1n) is 6.29. The molecule has 0 amide bonds. The summed E-state index contributed by atoms with van der Waals surface area (Å²) in [6, 6.07) is 4.45. The summed E-state index contributed by atoms with van der Waals surface area (Å²) in [5, 5.41) is 0.450. The van der Waals surface area contributed by atoms with E-state index in [4.69, 9.17) is 22.1 Å². The van der Waals surface area contributed by atoms with Crippen LogP contribution in [0.3, 0.4) is 0 Å². The lowest BCUT2D eigenvalue weighted by Gasteiger charge is -2.42. The van der Waals surface area contributed by atoms with Crippen molar-refractivity contribution in [3.05, 3.63) is 34.6 Å². The molecule has 1 aromatic rings. The van der Waals surface area contributed by atoms with Crippen LogP contribution in [0, 0.1) is 5.82 Å². The average Bonchev–Trinajstić information content (AvgIpc) is 2.27. The molecule has 2 rings (SSSR count). The van der Waals surface area contributed by atoms with Gasteiger partial charge in [-0.2, -0.15) is 0 Å². The molecule has 1 atom stereocenters.